The maximum Gasteiger partial charge on any atom is 0.330 e. The molecule has 0 bridgehead atoms. The van der Waals surface area contributed by atoms with Crippen molar-refractivity contribution >= 4 is 5.69 Å². The second-order valence-electron chi connectivity index (χ2n) is 4.23. The summed E-state index contributed by atoms with van der Waals surface area (Å²) in [7, 11) is 0. The van der Waals surface area contributed by atoms with Gasteiger partial charge >= 0.3 is 5.69 Å². The zero-order valence-corrected chi connectivity index (χ0v) is 10.3. The molecule has 0 unspecified atom stereocenters. The first-order chi connectivity index (χ1) is 9.33. The summed E-state index contributed by atoms with van der Waals surface area (Å²) < 4.78 is 1.56. The van der Waals surface area contributed by atoms with E-state index in [4.69, 9.17) is 0 Å². The molecule has 0 amide bonds. The molecule has 2 aromatic heterocycles. The molecule has 3 aromatic rings. The lowest BCUT2D eigenvalue weighted by molar-refractivity contribution is 0.986. The molecule has 1 aromatic carbocycles. The van der Waals surface area contributed by atoms with Gasteiger partial charge in [-0.2, -0.15) is 0 Å². The molecule has 0 fully saturated rings. The van der Waals surface area contributed by atoms with Crippen molar-refractivity contribution in [2.24, 2.45) is 0 Å². The normalized spacial score (nSPS) is 10.5. The van der Waals surface area contributed by atoms with Crippen molar-refractivity contribution in [1.82, 2.24) is 14.5 Å². The summed E-state index contributed by atoms with van der Waals surface area (Å²) >= 11 is 0. The zero-order chi connectivity index (χ0) is 13.1. The van der Waals surface area contributed by atoms with Gasteiger partial charge in [0.2, 0.25) is 0 Å². The van der Waals surface area contributed by atoms with E-state index in [1.165, 1.54) is 0 Å². The van der Waals surface area contributed by atoms with E-state index in [1.807, 2.05) is 42.6 Å². The van der Waals surface area contributed by atoms with Crippen LogP contribution in [0.3, 0.4) is 0 Å². The summed E-state index contributed by atoms with van der Waals surface area (Å²) in [6.07, 6.45) is 5.24. The van der Waals surface area contributed by atoms with Gasteiger partial charge in [-0.05, 0) is 36.4 Å². The molecule has 0 aliphatic rings. The highest BCUT2D eigenvalue weighted by Gasteiger charge is 2.00. The number of benzene rings is 1. The van der Waals surface area contributed by atoms with Crippen LogP contribution in [0.15, 0.2) is 59.8 Å². The number of rotatable bonds is 4. The van der Waals surface area contributed by atoms with Gasteiger partial charge < -0.3 is 15.3 Å². The lowest BCUT2D eigenvalue weighted by atomic mass is 10.2. The Balaban J connectivity index is 1.72. The molecule has 96 valence electrons. The maximum atomic E-state index is 11.5. The van der Waals surface area contributed by atoms with E-state index >= 15 is 0 Å². The molecule has 0 atom stereocenters. The van der Waals surface area contributed by atoms with E-state index in [0.717, 1.165) is 23.6 Å². The van der Waals surface area contributed by atoms with Gasteiger partial charge in [0, 0.05) is 30.0 Å². The van der Waals surface area contributed by atoms with Gasteiger partial charge in [0.15, 0.2) is 0 Å². The molecule has 5 heteroatoms. The number of anilines is 1. The predicted molar refractivity (Wildman–Crippen MR) is 74.5 cm³/mol. The summed E-state index contributed by atoms with van der Waals surface area (Å²) in [5, 5.41) is 3.31. The minimum atomic E-state index is -0.132. The molecule has 3 N–H and O–H groups in total. The first-order valence-corrected chi connectivity index (χ1v) is 6.05. The monoisotopic (exact) mass is 254 g/mol. The molecule has 0 aliphatic carbocycles. The Kier molecular flexibility index (Phi) is 2.94. The van der Waals surface area contributed by atoms with Crippen LogP contribution in [-0.4, -0.2) is 14.5 Å². The maximum absolute atomic E-state index is 11.5. The third kappa shape index (κ3) is 2.44. The molecule has 3 rings (SSSR count). The number of hydrogen-bond donors (Lipinski definition) is 3. The molecule has 5 nitrogen and oxygen atoms in total. The van der Waals surface area contributed by atoms with E-state index in [1.54, 1.807) is 17.0 Å². The Hall–Kier alpha value is -2.69. The Morgan fingerprint density at radius 2 is 1.89 bits per heavy atom. The van der Waals surface area contributed by atoms with Gasteiger partial charge in [-0.3, -0.25) is 4.57 Å². The van der Waals surface area contributed by atoms with Crippen molar-refractivity contribution in [3.8, 4) is 5.69 Å². The van der Waals surface area contributed by atoms with Crippen LogP contribution in [-0.2, 0) is 6.54 Å². The first-order valence-electron chi connectivity index (χ1n) is 6.05. The Morgan fingerprint density at radius 1 is 1.05 bits per heavy atom. The van der Waals surface area contributed by atoms with E-state index in [2.05, 4.69) is 15.3 Å². The van der Waals surface area contributed by atoms with E-state index in [9.17, 15) is 4.79 Å². The molecular weight excluding hydrogens is 240 g/mol. The smallest absolute Gasteiger partial charge is 0.330 e. The lowest BCUT2D eigenvalue weighted by Crippen LogP contribution is -2.13. The van der Waals surface area contributed by atoms with Gasteiger partial charge in [-0.1, -0.05) is 0 Å². The second kappa shape index (κ2) is 4.89. The summed E-state index contributed by atoms with van der Waals surface area (Å²) in [6, 6.07) is 11.7. The minimum absolute atomic E-state index is 0.132. The van der Waals surface area contributed by atoms with Crippen molar-refractivity contribution in [2.45, 2.75) is 6.54 Å². The SMILES string of the molecule is O=c1[nH]ccn1-c1ccc(NCc2ccc[nH]2)cc1. The number of H-pyrrole nitrogens is 2. The van der Waals surface area contributed by atoms with E-state index in [-0.39, 0.29) is 5.69 Å². The molecule has 0 radical (unpaired) electrons. The number of hydrogen-bond acceptors (Lipinski definition) is 2. The minimum Gasteiger partial charge on any atom is -0.379 e. The number of nitrogens with one attached hydrogen (secondary N) is 3. The van der Waals surface area contributed by atoms with Crippen LogP contribution < -0.4 is 11.0 Å². The van der Waals surface area contributed by atoms with Gasteiger partial charge in [0.1, 0.15) is 0 Å². The van der Waals surface area contributed by atoms with E-state index in [0.29, 0.717) is 0 Å². The Morgan fingerprint density at radius 3 is 2.53 bits per heavy atom. The highest BCUT2D eigenvalue weighted by atomic mass is 16.1. The Bertz CT molecular complexity index is 692. The van der Waals surface area contributed by atoms with Gasteiger partial charge in [0.25, 0.3) is 0 Å². The average molecular weight is 254 g/mol. The van der Waals surface area contributed by atoms with Crippen molar-refractivity contribution in [1.29, 1.82) is 0 Å². The topological polar surface area (TPSA) is 65.6 Å². The number of imidazole rings is 1. The van der Waals surface area contributed by atoms with Crippen LogP contribution in [0.1, 0.15) is 5.69 Å². The molecule has 0 spiro atoms. The number of aromatic nitrogens is 3. The van der Waals surface area contributed by atoms with Crippen LogP contribution in [0.5, 0.6) is 0 Å². The fraction of sp³-hybridized carbons (Fsp3) is 0.0714. The fourth-order valence-corrected chi connectivity index (χ4v) is 1.94. The predicted octanol–water partition coefficient (Wildman–Crippen LogP) is 2.11. The fourth-order valence-electron chi connectivity index (χ4n) is 1.94. The quantitative estimate of drug-likeness (QED) is 0.667. The lowest BCUT2D eigenvalue weighted by Gasteiger charge is -2.06. The highest BCUT2D eigenvalue weighted by molar-refractivity contribution is 5.48. The standard InChI is InChI=1S/C14H14N4O/c19-14-16-8-9-18(14)13-5-3-11(4-6-13)17-10-12-2-1-7-15-12/h1-9,15,17H,10H2,(H,16,19). The van der Waals surface area contributed by atoms with Crippen LogP contribution in [0.2, 0.25) is 0 Å². The third-order valence-electron chi connectivity index (χ3n) is 2.94. The van der Waals surface area contributed by atoms with Crippen LogP contribution in [0.25, 0.3) is 5.69 Å². The summed E-state index contributed by atoms with van der Waals surface area (Å²) in [4.78, 5) is 17.2. The van der Waals surface area contributed by atoms with Gasteiger partial charge in [0.05, 0.1) is 12.2 Å². The zero-order valence-electron chi connectivity index (χ0n) is 10.3. The number of nitrogens with zero attached hydrogens (tertiary/aromatic N) is 1. The van der Waals surface area contributed by atoms with Crippen LogP contribution in [0.4, 0.5) is 5.69 Å². The third-order valence-corrected chi connectivity index (χ3v) is 2.94. The molecule has 2 heterocycles. The van der Waals surface area contributed by atoms with Crippen molar-refractivity contribution in [3.63, 3.8) is 0 Å². The molecule has 0 saturated carbocycles. The molecule has 19 heavy (non-hydrogen) atoms. The molecule has 0 saturated heterocycles. The van der Waals surface area contributed by atoms with Crippen molar-refractivity contribution < 1.29 is 0 Å². The van der Waals surface area contributed by atoms with Gasteiger partial charge in [-0.15, -0.1) is 0 Å². The highest BCUT2D eigenvalue weighted by Crippen LogP contribution is 2.12. The van der Waals surface area contributed by atoms with Crippen LogP contribution in [0, 0.1) is 0 Å². The van der Waals surface area contributed by atoms with E-state index < -0.39 is 0 Å². The number of aromatic amines is 2. The average Bonchev–Trinajstić information content (AvgIpc) is 3.08. The summed E-state index contributed by atoms with van der Waals surface area (Å²) in [6.45, 7) is 0.746. The van der Waals surface area contributed by atoms with Crippen LogP contribution >= 0.6 is 0 Å². The first kappa shape index (κ1) is 11.4. The van der Waals surface area contributed by atoms with Gasteiger partial charge in [-0.25, -0.2) is 4.79 Å². The van der Waals surface area contributed by atoms with Crippen molar-refractivity contribution in [2.75, 3.05) is 5.32 Å². The summed E-state index contributed by atoms with van der Waals surface area (Å²) in [5.41, 5.74) is 2.86. The largest absolute Gasteiger partial charge is 0.379 e. The second-order valence-corrected chi connectivity index (χ2v) is 4.23. The molecular formula is C14H14N4O. The van der Waals surface area contributed by atoms with Crippen molar-refractivity contribution in [3.05, 3.63) is 71.2 Å². The Labute approximate surface area is 109 Å². The summed E-state index contributed by atoms with van der Waals surface area (Å²) in [5.74, 6) is 0. The molecule has 0 aliphatic heterocycles.